The fourth-order valence-corrected chi connectivity index (χ4v) is 4.40. The van der Waals surface area contributed by atoms with Gasteiger partial charge in [0.15, 0.2) is 0 Å². The molecule has 0 atom stereocenters. The maximum Gasteiger partial charge on any atom is 0.0713 e. The third-order valence-corrected chi connectivity index (χ3v) is 5.37. The molecule has 0 nitrogen and oxygen atoms in total. The summed E-state index contributed by atoms with van der Waals surface area (Å²) in [6, 6.07) is 39.5. The largest absolute Gasteiger partial charge is 0.106 e. The van der Waals surface area contributed by atoms with Crippen LogP contribution < -0.4 is 0 Å². The van der Waals surface area contributed by atoms with Gasteiger partial charge in [-0.1, -0.05) is 192 Å². The van der Waals surface area contributed by atoms with E-state index in [1.807, 2.05) is 83.1 Å². The predicted octanol–water partition coefficient (Wildman–Crippen LogP) is 13.8. The van der Waals surface area contributed by atoms with Crippen molar-refractivity contribution in [2.75, 3.05) is 0 Å². The van der Waals surface area contributed by atoms with E-state index in [-0.39, 0.29) is 5.41 Å². The van der Waals surface area contributed by atoms with Gasteiger partial charge in [0.2, 0.25) is 0 Å². The summed E-state index contributed by atoms with van der Waals surface area (Å²) in [5, 5.41) is 0. The van der Waals surface area contributed by atoms with Crippen LogP contribution in [0, 0.1) is 0 Å². The zero-order valence-corrected chi connectivity index (χ0v) is 28.7. The molecule has 0 aromatic heterocycles. The molecule has 1 aliphatic carbocycles. The molecule has 4 aromatic carbocycles. The predicted molar refractivity (Wildman–Crippen MR) is 194 cm³/mol. The van der Waals surface area contributed by atoms with Crippen molar-refractivity contribution in [2.24, 2.45) is 0 Å². The van der Waals surface area contributed by atoms with Gasteiger partial charge in [-0.3, -0.25) is 0 Å². The Morgan fingerprint density at radius 2 is 0.537 bits per heavy atom. The molecule has 4 aromatic rings. The molecule has 0 saturated carbocycles. The highest BCUT2D eigenvalue weighted by Gasteiger charge is 2.45. The van der Waals surface area contributed by atoms with Gasteiger partial charge < -0.3 is 0 Å². The molecule has 0 saturated heterocycles. The Kier molecular flexibility index (Phi) is 33.4. The van der Waals surface area contributed by atoms with Gasteiger partial charge in [0.25, 0.3) is 0 Å². The maximum absolute atomic E-state index is 3.00. The fourth-order valence-electron chi connectivity index (χ4n) is 4.40. The molecular formula is C41H62. The molecule has 41 heavy (non-hydrogen) atoms. The topological polar surface area (TPSA) is 0 Å². The van der Waals surface area contributed by atoms with E-state index in [2.05, 4.69) is 136 Å². The molecule has 0 aliphatic heterocycles. The molecule has 0 heteroatoms. The number of rotatable bonds is 2. The zero-order chi connectivity index (χ0) is 32.7. The highest BCUT2D eigenvalue weighted by Crippen LogP contribution is 2.55. The van der Waals surface area contributed by atoms with Crippen molar-refractivity contribution in [3.05, 3.63) is 158 Å². The van der Waals surface area contributed by atoms with Crippen LogP contribution in [0.4, 0.5) is 0 Å². The summed E-state index contributed by atoms with van der Waals surface area (Å²) in [5.74, 6) is 0. The molecule has 1 aliphatic rings. The SMILES string of the molecule is C=C.C=C.CC.CC.CC.CC.CC.CC.c1ccc(C2(c3ccccc3)c3ccccc3-c3ccccc32)cc1. The lowest BCUT2D eigenvalue weighted by Crippen LogP contribution is -2.28. The summed E-state index contributed by atoms with van der Waals surface area (Å²) < 4.78 is 0. The average Bonchev–Trinajstić information content (AvgIpc) is 3.44. The Balaban J connectivity index is -0.000000373. The first-order chi connectivity index (χ1) is 20.4. The molecule has 226 valence electrons. The molecule has 0 fully saturated rings. The summed E-state index contributed by atoms with van der Waals surface area (Å²) in [5.41, 5.74) is 7.80. The monoisotopic (exact) mass is 554 g/mol. The van der Waals surface area contributed by atoms with Gasteiger partial charge in [0.1, 0.15) is 0 Å². The third-order valence-electron chi connectivity index (χ3n) is 5.37. The molecule has 0 unspecified atom stereocenters. The Bertz CT molecular complexity index is 972. The lowest BCUT2D eigenvalue weighted by molar-refractivity contribution is 0.768. The Morgan fingerprint density at radius 1 is 0.317 bits per heavy atom. The second-order valence-corrected chi connectivity index (χ2v) is 6.57. The van der Waals surface area contributed by atoms with E-state index in [1.54, 1.807) is 0 Å². The first-order valence-corrected chi connectivity index (χ1v) is 15.7. The minimum absolute atomic E-state index is 0.254. The summed E-state index contributed by atoms with van der Waals surface area (Å²) in [6.07, 6.45) is 0. The Morgan fingerprint density at radius 3 is 0.805 bits per heavy atom. The molecule has 0 N–H and O–H groups in total. The Labute approximate surface area is 256 Å². The van der Waals surface area contributed by atoms with Crippen molar-refractivity contribution >= 4 is 0 Å². The van der Waals surface area contributed by atoms with Crippen molar-refractivity contribution in [3.63, 3.8) is 0 Å². The fraction of sp³-hybridized carbons (Fsp3) is 0.317. The second-order valence-electron chi connectivity index (χ2n) is 6.57. The van der Waals surface area contributed by atoms with Crippen LogP contribution in [0.2, 0.25) is 0 Å². The minimum atomic E-state index is -0.254. The van der Waals surface area contributed by atoms with Crippen LogP contribution >= 0.6 is 0 Å². The number of hydrogen-bond acceptors (Lipinski definition) is 0. The van der Waals surface area contributed by atoms with Gasteiger partial charge in [0.05, 0.1) is 5.41 Å². The van der Waals surface area contributed by atoms with Gasteiger partial charge >= 0.3 is 0 Å². The van der Waals surface area contributed by atoms with Crippen LogP contribution in [0.5, 0.6) is 0 Å². The van der Waals surface area contributed by atoms with Gasteiger partial charge in [-0.15, -0.1) is 26.3 Å². The zero-order valence-electron chi connectivity index (χ0n) is 28.7. The first-order valence-electron chi connectivity index (χ1n) is 15.7. The Hall–Kier alpha value is -3.64. The molecule has 0 heterocycles. The van der Waals surface area contributed by atoms with E-state index in [0.717, 1.165) is 0 Å². The van der Waals surface area contributed by atoms with Crippen LogP contribution in [0.25, 0.3) is 11.1 Å². The quantitative estimate of drug-likeness (QED) is 0.190. The van der Waals surface area contributed by atoms with Crippen molar-refractivity contribution in [1.82, 2.24) is 0 Å². The third kappa shape index (κ3) is 11.0. The van der Waals surface area contributed by atoms with Gasteiger partial charge in [-0.2, -0.15) is 0 Å². The van der Waals surface area contributed by atoms with Gasteiger partial charge in [0, 0.05) is 0 Å². The summed E-state index contributed by atoms with van der Waals surface area (Å²) in [4.78, 5) is 0. The maximum atomic E-state index is 3.00. The van der Waals surface area contributed by atoms with Crippen LogP contribution in [-0.2, 0) is 5.41 Å². The second kappa shape index (κ2) is 30.9. The highest BCUT2D eigenvalue weighted by molar-refractivity contribution is 5.86. The van der Waals surface area contributed by atoms with E-state index in [0.29, 0.717) is 0 Å². The van der Waals surface area contributed by atoms with Gasteiger partial charge in [-0.25, -0.2) is 0 Å². The van der Waals surface area contributed by atoms with Crippen LogP contribution in [0.3, 0.4) is 0 Å². The molecular weight excluding hydrogens is 492 g/mol. The van der Waals surface area contributed by atoms with E-state index >= 15 is 0 Å². The normalized spacial score (nSPS) is 9.56. The van der Waals surface area contributed by atoms with Crippen molar-refractivity contribution < 1.29 is 0 Å². The first kappa shape index (κ1) is 44.4. The number of hydrogen-bond donors (Lipinski definition) is 0. The number of fused-ring (bicyclic) bond motifs is 3. The molecule has 0 spiro atoms. The van der Waals surface area contributed by atoms with Crippen LogP contribution in [0.1, 0.15) is 105 Å². The highest BCUT2D eigenvalue weighted by atomic mass is 14.5. The van der Waals surface area contributed by atoms with Crippen molar-refractivity contribution in [2.45, 2.75) is 88.5 Å². The molecule has 5 rings (SSSR count). The standard InChI is InChI=1S/C25H18.6C2H6.2C2H4/c1-3-11-19(12-4-1)25(20-13-5-2-6-14-20)23-17-9-7-15-21(23)22-16-8-10-18-24(22)25;8*1-2/h1-18H;6*1-2H3;2*1-2H2. The summed E-state index contributed by atoms with van der Waals surface area (Å²) in [7, 11) is 0. The lowest BCUT2D eigenvalue weighted by Gasteiger charge is -2.33. The van der Waals surface area contributed by atoms with Gasteiger partial charge in [-0.05, 0) is 33.4 Å². The smallest absolute Gasteiger partial charge is 0.0713 e. The van der Waals surface area contributed by atoms with Crippen molar-refractivity contribution in [1.29, 1.82) is 0 Å². The van der Waals surface area contributed by atoms with E-state index in [1.165, 1.54) is 33.4 Å². The van der Waals surface area contributed by atoms with E-state index in [4.69, 9.17) is 0 Å². The molecule has 0 radical (unpaired) electrons. The van der Waals surface area contributed by atoms with E-state index < -0.39 is 0 Å². The van der Waals surface area contributed by atoms with Crippen molar-refractivity contribution in [3.8, 4) is 11.1 Å². The summed E-state index contributed by atoms with van der Waals surface area (Å²) >= 11 is 0. The number of benzene rings is 4. The minimum Gasteiger partial charge on any atom is -0.106 e. The lowest BCUT2D eigenvalue weighted by atomic mass is 9.68. The van der Waals surface area contributed by atoms with E-state index in [9.17, 15) is 0 Å². The summed E-state index contributed by atoms with van der Waals surface area (Å²) in [6.45, 7) is 36.0. The average molecular weight is 555 g/mol. The van der Waals surface area contributed by atoms with Crippen LogP contribution in [0.15, 0.2) is 136 Å². The molecule has 0 amide bonds. The molecule has 0 bridgehead atoms. The van der Waals surface area contributed by atoms with Crippen LogP contribution in [-0.4, -0.2) is 0 Å².